The first-order chi connectivity index (χ1) is 12.8. The summed E-state index contributed by atoms with van der Waals surface area (Å²) in [5.74, 6) is 0. The van der Waals surface area contributed by atoms with Gasteiger partial charge in [0.2, 0.25) is 0 Å². The number of hydrogen-bond donors (Lipinski definition) is 0. The molecule has 2 heteroatoms. The number of rotatable bonds is 0. The zero-order valence-corrected chi connectivity index (χ0v) is 14.0. The normalized spacial score (nSPS) is 11.8. The van der Waals surface area contributed by atoms with Gasteiger partial charge in [0, 0.05) is 10.8 Å². The second kappa shape index (κ2) is 4.99. The molecule has 0 radical (unpaired) electrons. The van der Waals surface area contributed by atoms with Gasteiger partial charge in [0.25, 0.3) is 0 Å². The number of aromatic nitrogens is 2. The van der Waals surface area contributed by atoms with Crippen LogP contribution in [0, 0.1) is 0 Å². The van der Waals surface area contributed by atoms with Crippen molar-refractivity contribution in [3.8, 4) is 0 Å². The van der Waals surface area contributed by atoms with Crippen LogP contribution in [-0.4, -0.2) is 10.2 Å². The van der Waals surface area contributed by atoms with Crippen molar-refractivity contribution in [3.63, 3.8) is 0 Å². The molecule has 0 spiro atoms. The summed E-state index contributed by atoms with van der Waals surface area (Å²) < 4.78 is 0. The summed E-state index contributed by atoms with van der Waals surface area (Å²) >= 11 is 0. The first-order valence-corrected chi connectivity index (χ1v) is 8.75. The van der Waals surface area contributed by atoms with E-state index in [-0.39, 0.29) is 0 Å². The maximum absolute atomic E-state index is 4.03. The molecule has 0 aliphatic rings. The van der Waals surface area contributed by atoms with E-state index in [1.165, 1.54) is 43.1 Å². The molecule has 0 amide bonds. The van der Waals surface area contributed by atoms with Crippen molar-refractivity contribution in [2.45, 2.75) is 0 Å². The minimum absolute atomic E-state index is 1.12. The van der Waals surface area contributed by atoms with Crippen LogP contribution < -0.4 is 0 Å². The molecule has 0 atom stereocenters. The highest BCUT2D eigenvalue weighted by atomic mass is 15.1. The SMILES string of the molecule is c1ccc2cc3cc4c(ccc5cc6cnncc6cc54)cc3cc2c1. The molecular weight excluding hydrogens is 316 g/mol. The van der Waals surface area contributed by atoms with Crippen molar-refractivity contribution < 1.29 is 0 Å². The van der Waals surface area contributed by atoms with Gasteiger partial charge in [-0.05, 0) is 79.5 Å². The maximum Gasteiger partial charge on any atom is 0.0574 e. The average molecular weight is 330 g/mol. The molecule has 0 fully saturated rings. The standard InChI is InChI=1S/C24H14N2/c1-2-4-16-8-20-11-23-17(9-19(20)7-15(16)3-1)5-6-18-10-21-13-25-26-14-22(21)12-24(18)23/h1-14H. The lowest BCUT2D eigenvalue weighted by Crippen LogP contribution is -1.84. The molecule has 0 aliphatic heterocycles. The molecule has 6 rings (SSSR count). The zero-order chi connectivity index (χ0) is 17.1. The van der Waals surface area contributed by atoms with Gasteiger partial charge >= 0.3 is 0 Å². The van der Waals surface area contributed by atoms with Crippen LogP contribution in [0.25, 0.3) is 53.9 Å². The molecule has 0 aliphatic carbocycles. The van der Waals surface area contributed by atoms with E-state index in [1.54, 1.807) is 0 Å². The Labute approximate surface area is 149 Å². The Kier molecular flexibility index (Phi) is 2.64. The highest BCUT2D eigenvalue weighted by molar-refractivity contribution is 6.16. The van der Waals surface area contributed by atoms with E-state index in [0.717, 1.165) is 10.8 Å². The second-order valence-electron chi connectivity index (χ2n) is 6.88. The first kappa shape index (κ1) is 13.7. The van der Waals surface area contributed by atoms with Crippen molar-refractivity contribution >= 4 is 53.9 Å². The van der Waals surface area contributed by atoms with Gasteiger partial charge in [0.1, 0.15) is 0 Å². The molecule has 0 N–H and O–H groups in total. The Morgan fingerprint density at radius 3 is 1.50 bits per heavy atom. The number of benzene rings is 5. The Balaban J connectivity index is 1.78. The van der Waals surface area contributed by atoms with E-state index in [9.17, 15) is 0 Å². The highest BCUT2D eigenvalue weighted by Gasteiger charge is 2.06. The Morgan fingerprint density at radius 2 is 0.846 bits per heavy atom. The fourth-order valence-corrected chi connectivity index (χ4v) is 4.00. The Morgan fingerprint density at radius 1 is 0.385 bits per heavy atom. The van der Waals surface area contributed by atoms with Gasteiger partial charge < -0.3 is 0 Å². The van der Waals surface area contributed by atoms with Crippen LogP contribution >= 0.6 is 0 Å². The topological polar surface area (TPSA) is 25.8 Å². The molecule has 26 heavy (non-hydrogen) atoms. The quantitative estimate of drug-likeness (QED) is 0.243. The van der Waals surface area contributed by atoms with Crippen molar-refractivity contribution in [1.29, 1.82) is 0 Å². The van der Waals surface area contributed by atoms with Crippen LogP contribution in [0.2, 0.25) is 0 Å². The predicted molar refractivity (Wildman–Crippen MR) is 110 cm³/mol. The fraction of sp³-hybridized carbons (Fsp3) is 0. The van der Waals surface area contributed by atoms with Crippen LogP contribution in [0.5, 0.6) is 0 Å². The number of hydrogen-bond acceptors (Lipinski definition) is 2. The average Bonchev–Trinajstić information content (AvgIpc) is 2.69. The van der Waals surface area contributed by atoms with Crippen LogP contribution in [0.3, 0.4) is 0 Å². The summed E-state index contributed by atoms with van der Waals surface area (Å²) in [5, 5.41) is 20.4. The third-order valence-corrected chi connectivity index (χ3v) is 5.32. The molecule has 1 heterocycles. The predicted octanol–water partition coefficient (Wildman–Crippen LogP) is 6.24. The van der Waals surface area contributed by atoms with Crippen molar-refractivity contribution in [3.05, 3.63) is 85.2 Å². The van der Waals surface area contributed by atoms with Crippen molar-refractivity contribution in [2.24, 2.45) is 0 Å². The molecule has 2 nitrogen and oxygen atoms in total. The molecule has 0 bridgehead atoms. The molecule has 120 valence electrons. The highest BCUT2D eigenvalue weighted by Crippen LogP contribution is 2.33. The molecule has 0 saturated carbocycles. The monoisotopic (exact) mass is 330 g/mol. The number of nitrogens with zero attached hydrogens (tertiary/aromatic N) is 2. The van der Waals surface area contributed by atoms with Crippen LogP contribution in [0.1, 0.15) is 0 Å². The van der Waals surface area contributed by atoms with Crippen LogP contribution in [0.15, 0.2) is 85.2 Å². The van der Waals surface area contributed by atoms with Gasteiger partial charge in [-0.2, -0.15) is 10.2 Å². The molecule has 0 unspecified atom stereocenters. The summed E-state index contributed by atoms with van der Waals surface area (Å²) in [5.41, 5.74) is 0. The maximum atomic E-state index is 4.03. The lowest BCUT2D eigenvalue weighted by molar-refractivity contribution is 1.05. The summed E-state index contributed by atoms with van der Waals surface area (Å²) in [7, 11) is 0. The van der Waals surface area contributed by atoms with Crippen molar-refractivity contribution in [1.82, 2.24) is 10.2 Å². The molecule has 5 aromatic carbocycles. The summed E-state index contributed by atoms with van der Waals surface area (Å²) in [4.78, 5) is 0. The molecular formula is C24H14N2. The van der Waals surface area contributed by atoms with E-state index >= 15 is 0 Å². The summed E-state index contributed by atoms with van der Waals surface area (Å²) in [6, 6.07) is 26.6. The van der Waals surface area contributed by atoms with Gasteiger partial charge in [0.15, 0.2) is 0 Å². The van der Waals surface area contributed by atoms with Gasteiger partial charge in [-0.3, -0.25) is 0 Å². The Bertz CT molecular complexity index is 1470. The lowest BCUT2D eigenvalue weighted by Gasteiger charge is -2.09. The van der Waals surface area contributed by atoms with Gasteiger partial charge in [-0.25, -0.2) is 0 Å². The summed E-state index contributed by atoms with van der Waals surface area (Å²) in [6.45, 7) is 0. The minimum atomic E-state index is 1.12. The van der Waals surface area contributed by atoms with Crippen molar-refractivity contribution in [2.75, 3.05) is 0 Å². The minimum Gasteiger partial charge on any atom is -0.158 e. The molecule has 0 saturated heterocycles. The largest absolute Gasteiger partial charge is 0.158 e. The van der Waals surface area contributed by atoms with E-state index in [2.05, 4.69) is 83.0 Å². The van der Waals surface area contributed by atoms with E-state index < -0.39 is 0 Å². The third kappa shape index (κ3) is 1.93. The smallest absolute Gasteiger partial charge is 0.0574 e. The number of fused-ring (bicyclic) bond motifs is 6. The lowest BCUT2D eigenvalue weighted by atomic mass is 9.95. The van der Waals surface area contributed by atoms with Gasteiger partial charge in [0.05, 0.1) is 12.4 Å². The van der Waals surface area contributed by atoms with E-state index in [1.807, 2.05) is 12.4 Å². The van der Waals surface area contributed by atoms with Crippen LogP contribution in [0.4, 0.5) is 0 Å². The van der Waals surface area contributed by atoms with Gasteiger partial charge in [-0.1, -0.05) is 36.4 Å². The second-order valence-corrected chi connectivity index (χ2v) is 6.88. The Hall–Kier alpha value is -3.52. The van der Waals surface area contributed by atoms with Gasteiger partial charge in [-0.15, -0.1) is 0 Å². The third-order valence-electron chi connectivity index (χ3n) is 5.32. The van der Waals surface area contributed by atoms with Crippen LogP contribution in [-0.2, 0) is 0 Å². The summed E-state index contributed by atoms with van der Waals surface area (Å²) in [6.07, 6.45) is 3.66. The van der Waals surface area contributed by atoms with E-state index in [4.69, 9.17) is 0 Å². The first-order valence-electron chi connectivity index (χ1n) is 8.75. The molecule has 6 aromatic rings. The van der Waals surface area contributed by atoms with E-state index in [0.29, 0.717) is 0 Å². The fourth-order valence-electron chi connectivity index (χ4n) is 4.00. The molecule has 1 aromatic heterocycles. The zero-order valence-electron chi connectivity index (χ0n) is 14.0.